The van der Waals surface area contributed by atoms with Crippen molar-refractivity contribution in [3.8, 4) is 0 Å². The van der Waals surface area contributed by atoms with Crippen LogP contribution in [0.15, 0.2) is 18.2 Å². The molecule has 0 bridgehead atoms. The first kappa shape index (κ1) is 18.8. The summed E-state index contributed by atoms with van der Waals surface area (Å²) in [5, 5.41) is 14.2. The van der Waals surface area contributed by atoms with Crippen molar-refractivity contribution in [1.82, 2.24) is 10.2 Å². The van der Waals surface area contributed by atoms with Gasteiger partial charge in [-0.05, 0) is 49.5 Å². The smallest absolute Gasteiger partial charge is 0.269 e. The van der Waals surface area contributed by atoms with E-state index in [1.807, 2.05) is 6.92 Å². The van der Waals surface area contributed by atoms with Crippen LogP contribution in [0.5, 0.6) is 0 Å². The van der Waals surface area contributed by atoms with Crippen LogP contribution in [-0.4, -0.2) is 45.9 Å². The van der Waals surface area contributed by atoms with Gasteiger partial charge in [-0.3, -0.25) is 24.6 Å². The molecule has 0 unspecified atom stereocenters. The van der Waals surface area contributed by atoms with Gasteiger partial charge in [0.05, 0.1) is 11.0 Å². The number of non-ortho nitro benzene ring substituents is 1. The summed E-state index contributed by atoms with van der Waals surface area (Å²) in [6, 6.07) is 4.46. The van der Waals surface area contributed by atoms with Crippen LogP contribution >= 0.6 is 12.2 Å². The number of benzene rings is 1. The van der Waals surface area contributed by atoms with E-state index >= 15 is 0 Å². The molecular formula is C19H22N4O4S. The van der Waals surface area contributed by atoms with E-state index in [4.69, 9.17) is 12.2 Å². The van der Waals surface area contributed by atoms with Gasteiger partial charge in [-0.15, -0.1) is 0 Å². The highest BCUT2D eigenvalue weighted by Crippen LogP contribution is 2.48. The molecule has 1 spiro atoms. The third-order valence-electron chi connectivity index (χ3n) is 6.07. The molecular weight excluding hydrogens is 380 g/mol. The lowest BCUT2D eigenvalue weighted by molar-refractivity contribution is -0.384. The molecule has 3 aliphatic rings. The maximum absolute atomic E-state index is 13.6. The largest absolute Gasteiger partial charge is 0.367 e. The number of piperidine rings is 1. The molecule has 1 N–H and O–H groups in total. The summed E-state index contributed by atoms with van der Waals surface area (Å²) in [7, 11) is 0. The maximum atomic E-state index is 13.6. The Labute approximate surface area is 168 Å². The SMILES string of the molecule is CCCN1C(=O)[C@@]2(Cc3cc([N+](=O)[O-])ccc3N3CCCC[C@@H]32)C(=O)NC1=S. The van der Waals surface area contributed by atoms with E-state index in [-0.39, 0.29) is 35.1 Å². The minimum Gasteiger partial charge on any atom is -0.367 e. The van der Waals surface area contributed by atoms with Crippen LogP contribution in [0.25, 0.3) is 0 Å². The number of carbonyl (C=O) groups is 2. The molecule has 2 atom stereocenters. The monoisotopic (exact) mass is 402 g/mol. The lowest BCUT2D eigenvalue weighted by atomic mass is 9.66. The minimum atomic E-state index is -1.31. The minimum absolute atomic E-state index is 0.0334. The Kier molecular flexibility index (Phi) is 4.57. The highest BCUT2D eigenvalue weighted by atomic mass is 32.1. The van der Waals surface area contributed by atoms with Gasteiger partial charge in [0.25, 0.3) is 5.69 Å². The van der Waals surface area contributed by atoms with Crippen LogP contribution in [0.2, 0.25) is 0 Å². The van der Waals surface area contributed by atoms with Crippen molar-refractivity contribution in [2.75, 3.05) is 18.0 Å². The molecule has 28 heavy (non-hydrogen) atoms. The summed E-state index contributed by atoms with van der Waals surface area (Å²) in [5.74, 6) is -0.666. The first-order valence-electron chi connectivity index (χ1n) is 9.61. The molecule has 1 aromatic rings. The molecule has 9 heteroatoms. The Morgan fingerprint density at radius 3 is 2.86 bits per heavy atom. The van der Waals surface area contributed by atoms with Crippen LogP contribution in [0.3, 0.4) is 0 Å². The molecule has 148 valence electrons. The van der Waals surface area contributed by atoms with E-state index in [1.54, 1.807) is 6.07 Å². The fourth-order valence-electron chi connectivity index (χ4n) is 4.84. The first-order valence-corrected chi connectivity index (χ1v) is 10.0. The molecule has 0 saturated carbocycles. The highest BCUT2D eigenvalue weighted by Gasteiger charge is 2.61. The van der Waals surface area contributed by atoms with Crippen LogP contribution in [0.4, 0.5) is 11.4 Å². The zero-order chi connectivity index (χ0) is 20.1. The quantitative estimate of drug-likeness (QED) is 0.360. The number of fused-ring (bicyclic) bond motifs is 4. The molecule has 0 aromatic heterocycles. The second kappa shape index (κ2) is 6.80. The summed E-state index contributed by atoms with van der Waals surface area (Å²) in [6.07, 6.45) is 3.48. The molecule has 2 saturated heterocycles. The van der Waals surface area contributed by atoms with Gasteiger partial charge in [-0.2, -0.15) is 0 Å². The number of amides is 2. The number of hydrogen-bond acceptors (Lipinski definition) is 6. The number of nitro groups is 1. The zero-order valence-corrected chi connectivity index (χ0v) is 16.5. The van der Waals surface area contributed by atoms with Gasteiger partial charge in [-0.25, -0.2) is 0 Å². The maximum Gasteiger partial charge on any atom is 0.269 e. The summed E-state index contributed by atoms with van der Waals surface area (Å²) in [5.41, 5.74) is 0.214. The van der Waals surface area contributed by atoms with Gasteiger partial charge in [0.15, 0.2) is 10.5 Å². The summed E-state index contributed by atoms with van der Waals surface area (Å²) < 4.78 is 0. The van der Waals surface area contributed by atoms with E-state index in [2.05, 4.69) is 10.2 Å². The third-order valence-corrected chi connectivity index (χ3v) is 6.39. The van der Waals surface area contributed by atoms with Gasteiger partial charge in [0, 0.05) is 37.3 Å². The first-order chi connectivity index (χ1) is 13.4. The number of nitro benzene ring substituents is 1. The standard InChI is InChI=1S/C19H22N4O4S/c1-2-8-22-17(25)19(16(24)20-18(22)28)11-12-10-13(23(26)27)6-7-14(12)21-9-4-3-5-15(19)21/h6-7,10,15H,2-5,8-9,11H2,1H3,(H,20,24,28)/t15-,19-/m1/s1. The van der Waals surface area contributed by atoms with Crippen LogP contribution in [0.1, 0.15) is 38.2 Å². The van der Waals surface area contributed by atoms with E-state index in [9.17, 15) is 19.7 Å². The third kappa shape index (κ3) is 2.60. The van der Waals surface area contributed by atoms with Gasteiger partial charge in [0.2, 0.25) is 11.8 Å². The molecule has 1 aromatic carbocycles. The molecule has 4 rings (SSSR count). The second-order valence-electron chi connectivity index (χ2n) is 7.64. The van der Waals surface area contributed by atoms with Crippen LogP contribution in [0, 0.1) is 15.5 Å². The van der Waals surface area contributed by atoms with Crippen LogP contribution in [-0.2, 0) is 16.0 Å². The number of rotatable bonds is 3. The predicted octanol–water partition coefficient (Wildman–Crippen LogP) is 2.15. The van der Waals surface area contributed by atoms with Crippen molar-refractivity contribution in [1.29, 1.82) is 0 Å². The molecule has 0 aliphatic carbocycles. The fourth-order valence-corrected chi connectivity index (χ4v) is 5.11. The van der Waals surface area contributed by atoms with Gasteiger partial charge in [-0.1, -0.05) is 6.92 Å². The van der Waals surface area contributed by atoms with Crippen molar-refractivity contribution in [2.24, 2.45) is 5.41 Å². The molecule has 2 amide bonds. The van der Waals surface area contributed by atoms with Gasteiger partial charge >= 0.3 is 0 Å². The lowest BCUT2D eigenvalue weighted by Crippen LogP contribution is -2.72. The van der Waals surface area contributed by atoms with E-state index in [1.165, 1.54) is 17.0 Å². The molecule has 3 aliphatic heterocycles. The van der Waals surface area contributed by atoms with E-state index < -0.39 is 10.3 Å². The Hall–Kier alpha value is -2.55. The Morgan fingerprint density at radius 1 is 1.36 bits per heavy atom. The lowest BCUT2D eigenvalue weighted by Gasteiger charge is -2.54. The van der Waals surface area contributed by atoms with Crippen molar-refractivity contribution in [2.45, 2.75) is 45.1 Å². The zero-order valence-electron chi connectivity index (χ0n) is 15.6. The van der Waals surface area contributed by atoms with Gasteiger partial charge < -0.3 is 10.2 Å². The average molecular weight is 402 g/mol. The summed E-state index contributed by atoms with van der Waals surface area (Å²) in [4.78, 5) is 41.2. The van der Waals surface area contributed by atoms with E-state index in [0.29, 0.717) is 18.5 Å². The number of nitrogens with zero attached hydrogens (tertiary/aromatic N) is 3. The Morgan fingerprint density at radius 2 is 2.14 bits per heavy atom. The number of hydrogen-bond donors (Lipinski definition) is 1. The topological polar surface area (TPSA) is 95.8 Å². The average Bonchev–Trinajstić information content (AvgIpc) is 2.69. The highest BCUT2D eigenvalue weighted by molar-refractivity contribution is 7.80. The number of anilines is 1. The van der Waals surface area contributed by atoms with Crippen molar-refractivity contribution in [3.05, 3.63) is 33.9 Å². The Bertz CT molecular complexity index is 889. The van der Waals surface area contributed by atoms with Crippen molar-refractivity contribution < 1.29 is 14.5 Å². The second-order valence-corrected chi connectivity index (χ2v) is 8.03. The molecule has 0 radical (unpaired) electrons. The van der Waals surface area contributed by atoms with Crippen molar-refractivity contribution >= 4 is 40.5 Å². The molecule has 8 nitrogen and oxygen atoms in total. The van der Waals surface area contributed by atoms with Gasteiger partial charge in [0.1, 0.15) is 0 Å². The normalized spacial score (nSPS) is 26.8. The van der Waals surface area contributed by atoms with E-state index in [0.717, 1.165) is 31.5 Å². The van der Waals surface area contributed by atoms with Crippen molar-refractivity contribution in [3.63, 3.8) is 0 Å². The molecule has 3 heterocycles. The summed E-state index contributed by atoms with van der Waals surface area (Å²) >= 11 is 5.25. The summed E-state index contributed by atoms with van der Waals surface area (Å²) in [6.45, 7) is 3.11. The molecule has 2 fully saturated rings. The number of carbonyl (C=O) groups excluding carboxylic acids is 2. The predicted molar refractivity (Wildman–Crippen MR) is 107 cm³/mol. The number of nitrogens with one attached hydrogen (secondary N) is 1. The van der Waals surface area contributed by atoms with Crippen LogP contribution < -0.4 is 10.2 Å². The fraction of sp³-hybridized carbons (Fsp3) is 0.526. The number of thiocarbonyl (C=S) groups is 1. The Balaban J connectivity index is 1.87.